The third-order valence-electron chi connectivity index (χ3n) is 3.39. The highest BCUT2D eigenvalue weighted by molar-refractivity contribution is 6.37. The maximum Gasteiger partial charge on any atom is 0.343 e. The molecule has 0 radical (unpaired) electrons. The molecular weight excluding hydrogens is 406 g/mol. The van der Waals surface area contributed by atoms with Gasteiger partial charge in [-0.1, -0.05) is 23.2 Å². The summed E-state index contributed by atoms with van der Waals surface area (Å²) in [6.07, 6.45) is 1.13. The van der Waals surface area contributed by atoms with Crippen LogP contribution in [0.3, 0.4) is 0 Å². The predicted molar refractivity (Wildman–Crippen MR) is 96.7 cm³/mol. The zero-order valence-electron chi connectivity index (χ0n) is 15.5. The van der Waals surface area contributed by atoms with Gasteiger partial charge < -0.3 is 24.1 Å². The fourth-order valence-corrected chi connectivity index (χ4v) is 2.59. The summed E-state index contributed by atoms with van der Waals surface area (Å²) < 4.78 is 31.7. The number of carbonyl (C=O) groups excluding carboxylic acids is 1. The van der Waals surface area contributed by atoms with Gasteiger partial charge in [-0.2, -0.15) is 4.94 Å². The lowest BCUT2D eigenvalue weighted by Gasteiger charge is -2.15. The van der Waals surface area contributed by atoms with Crippen molar-refractivity contribution in [2.75, 3.05) is 20.8 Å². The van der Waals surface area contributed by atoms with Gasteiger partial charge in [-0.05, 0) is 36.9 Å². The third kappa shape index (κ3) is 7.77. The van der Waals surface area contributed by atoms with Crippen molar-refractivity contribution in [2.24, 2.45) is 0 Å². The smallest absolute Gasteiger partial charge is 0.343 e. The van der Waals surface area contributed by atoms with E-state index in [1.54, 1.807) is 13.2 Å². The van der Waals surface area contributed by atoms with E-state index >= 15 is 0 Å². The minimum atomic E-state index is -1.62. The number of carbonyl (C=O) groups is 1. The van der Waals surface area contributed by atoms with Gasteiger partial charge in [-0.25, -0.2) is 4.79 Å². The molecule has 1 N–H and O–H groups in total. The summed E-state index contributed by atoms with van der Waals surface area (Å²) in [7, 11) is 2.99. The Balaban J connectivity index is 0.000000527. The molecule has 1 fully saturated rings. The molecule has 2 unspecified atom stereocenters. The van der Waals surface area contributed by atoms with Crippen LogP contribution in [0.4, 0.5) is 4.53 Å². The van der Waals surface area contributed by atoms with Gasteiger partial charge in [0.1, 0.15) is 12.2 Å². The van der Waals surface area contributed by atoms with Crippen LogP contribution in [0.2, 0.25) is 10.0 Å². The van der Waals surface area contributed by atoms with E-state index in [-0.39, 0.29) is 35.3 Å². The van der Waals surface area contributed by atoms with E-state index in [0.717, 1.165) is 12.8 Å². The highest BCUT2D eigenvalue weighted by Crippen LogP contribution is 2.34. The molecule has 1 heterocycles. The Hall–Kier alpha value is -1.16. The van der Waals surface area contributed by atoms with Crippen molar-refractivity contribution in [3.05, 3.63) is 27.7 Å². The molecule has 7 nitrogen and oxygen atoms in total. The predicted octanol–water partition coefficient (Wildman–Crippen LogP) is 3.93. The van der Waals surface area contributed by atoms with Gasteiger partial charge in [-0.3, -0.25) is 0 Å². The minimum Gasteiger partial charge on any atom is -0.494 e. The molecule has 2 atom stereocenters. The summed E-state index contributed by atoms with van der Waals surface area (Å²) in [5, 5.41) is 8.75. The van der Waals surface area contributed by atoms with E-state index in [9.17, 15) is 9.32 Å². The average Bonchev–Trinajstić information content (AvgIpc) is 3.09. The summed E-state index contributed by atoms with van der Waals surface area (Å²) in [6, 6.07) is 3.08. The molecule has 0 aromatic heterocycles. The lowest BCUT2D eigenvalue weighted by molar-refractivity contribution is -0.309. The first-order chi connectivity index (χ1) is 12.6. The number of hydrogen-bond donors (Lipinski definition) is 1. The maximum absolute atomic E-state index is 12.2. The standard InChI is InChI=1S/C14H16Cl2O5.C3H7FO2/c1-18-11-6-3-8(21-11)7-20-14(17)12-9(15)4-5-10(16)13(12)19-2;1-3(2,5)6-4/h4-5,8,11H,3,6-7H2,1-2H3;5H,1-2H3. The quantitative estimate of drug-likeness (QED) is 0.542. The summed E-state index contributed by atoms with van der Waals surface area (Å²) in [5.74, 6) is -2.01. The van der Waals surface area contributed by atoms with Gasteiger partial charge >= 0.3 is 5.97 Å². The molecule has 1 aliphatic rings. The summed E-state index contributed by atoms with van der Waals surface area (Å²) in [6.45, 7) is 2.53. The Bertz CT molecular complexity index is 622. The second-order valence-corrected chi connectivity index (χ2v) is 6.87. The highest BCUT2D eigenvalue weighted by Gasteiger charge is 2.27. The van der Waals surface area contributed by atoms with Crippen LogP contribution in [0.15, 0.2) is 12.1 Å². The normalized spacial score (nSPS) is 19.3. The summed E-state index contributed by atoms with van der Waals surface area (Å²) in [4.78, 5) is 15.2. The monoisotopic (exact) mass is 428 g/mol. The number of hydrogen-bond acceptors (Lipinski definition) is 7. The molecule has 1 aromatic carbocycles. The van der Waals surface area contributed by atoms with Crippen LogP contribution in [0.25, 0.3) is 0 Å². The largest absolute Gasteiger partial charge is 0.494 e. The Kier molecular flexibility index (Phi) is 9.72. The number of benzene rings is 1. The fraction of sp³-hybridized carbons (Fsp3) is 0.588. The molecular formula is C17H23Cl2FO7. The Morgan fingerprint density at radius 1 is 1.30 bits per heavy atom. The van der Waals surface area contributed by atoms with Crippen molar-refractivity contribution < 1.29 is 38.3 Å². The number of esters is 1. The maximum atomic E-state index is 12.2. The molecule has 0 bridgehead atoms. The SMILES string of the molecule is CC(C)(O)OF.COc1c(Cl)ccc(Cl)c1C(=O)OCC1CCC(OC)O1. The zero-order chi connectivity index (χ0) is 20.6. The molecule has 0 spiro atoms. The molecule has 1 aromatic rings. The van der Waals surface area contributed by atoms with Crippen LogP contribution < -0.4 is 4.74 Å². The van der Waals surface area contributed by atoms with Crippen LogP contribution in [0.1, 0.15) is 37.0 Å². The molecule has 154 valence electrons. The van der Waals surface area contributed by atoms with Crippen molar-refractivity contribution in [1.29, 1.82) is 0 Å². The number of rotatable bonds is 6. The first-order valence-corrected chi connectivity index (χ1v) is 8.78. The van der Waals surface area contributed by atoms with Gasteiger partial charge in [0.15, 0.2) is 17.8 Å². The van der Waals surface area contributed by atoms with E-state index < -0.39 is 11.8 Å². The fourth-order valence-electron chi connectivity index (χ4n) is 2.13. The molecule has 1 aliphatic heterocycles. The van der Waals surface area contributed by atoms with Crippen LogP contribution in [-0.2, 0) is 19.2 Å². The van der Waals surface area contributed by atoms with Gasteiger partial charge in [0, 0.05) is 13.5 Å². The van der Waals surface area contributed by atoms with Crippen molar-refractivity contribution >= 4 is 29.2 Å². The van der Waals surface area contributed by atoms with Gasteiger partial charge in [0.2, 0.25) is 0 Å². The second kappa shape index (κ2) is 11.0. The molecule has 0 amide bonds. The number of ether oxygens (including phenoxy) is 4. The van der Waals surface area contributed by atoms with Crippen LogP contribution in [-0.4, -0.2) is 50.1 Å². The minimum absolute atomic E-state index is 0.118. The topological polar surface area (TPSA) is 83.5 Å². The van der Waals surface area contributed by atoms with Gasteiger partial charge in [0.05, 0.1) is 23.3 Å². The molecule has 2 rings (SSSR count). The number of halogens is 3. The Morgan fingerprint density at radius 3 is 2.37 bits per heavy atom. The van der Waals surface area contributed by atoms with Crippen molar-refractivity contribution in [3.8, 4) is 5.75 Å². The first kappa shape index (κ1) is 23.9. The average molecular weight is 429 g/mol. The number of aliphatic hydroxyl groups is 1. The van der Waals surface area contributed by atoms with Crippen LogP contribution in [0, 0.1) is 0 Å². The third-order valence-corrected chi connectivity index (χ3v) is 4.00. The van der Waals surface area contributed by atoms with Gasteiger partial charge in [-0.15, -0.1) is 0 Å². The van der Waals surface area contributed by atoms with Crippen LogP contribution >= 0.6 is 23.2 Å². The Labute approximate surface area is 167 Å². The summed E-state index contributed by atoms with van der Waals surface area (Å²) in [5.41, 5.74) is 0.118. The lowest BCUT2D eigenvalue weighted by atomic mass is 10.2. The Morgan fingerprint density at radius 2 is 1.89 bits per heavy atom. The molecule has 0 aliphatic carbocycles. The molecule has 0 saturated carbocycles. The lowest BCUT2D eigenvalue weighted by Crippen LogP contribution is -2.20. The van der Waals surface area contributed by atoms with Crippen molar-refractivity contribution in [1.82, 2.24) is 0 Å². The zero-order valence-corrected chi connectivity index (χ0v) is 17.0. The van der Waals surface area contributed by atoms with E-state index in [1.165, 1.54) is 27.0 Å². The molecule has 10 heteroatoms. The van der Waals surface area contributed by atoms with Crippen molar-refractivity contribution in [2.45, 2.75) is 44.9 Å². The van der Waals surface area contributed by atoms with E-state index in [4.69, 9.17) is 47.3 Å². The van der Waals surface area contributed by atoms with Crippen LogP contribution in [0.5, 0.6) is 5.75 Å². The summed E-state index contributed by atoms with van der Waals surface area (Å²) >= 11 is 12.0. The van der Waals surface area contributed by atoms with E-state index in [2.05, 4.69) is 4.94 Å². The first-order valence-electron chi connectivity index (χ1n) is 8.02. The molecule has 27 heavy (non-hydrogen) atoms. The number of methoxy groups -OCH3 is 2. The highest BCUT2D eigenvalue weighted by atomic mass is 35.5. The molecule has 1 saturated heterocycles. The van der Waals surface area contributed by atoms with Crippen molar-refractivity contribution in [3.63, 3.8) is 0 Å². The van der Waals surface area contributed by atoms with E-state index in [1.807, 2.05) is 0 Å². The van der Waals surface area contributed by atoms with E-state index in [0.29, 0.717) is 5.02 Å². The van der Waals surface area contributed by atoms with Gasteiger partial charge in [0.25, 0.3) is 0 Å². The second-order valence-electron chi connectivity index (χ2n) is 6.06.